The first-order valence-electron chi connectivity index (χ1n) is 6.46. The van der Waals surface area contributed by atoms with Gasteiger partial charge in [-0.15, -0.1) is 11.3 Å². The van der Waals surface area contributed by atoms with Crippen molar-refractivity contribution in [3.63, 3.8) is 0 Å². The number of benzene rings is 1. The average Bonchev–Trinajstić information content (AvgIpc) is 2.93. The number of halogens is 1. The zero-order chi connectivity index (χ0) is 15.0. The smallest absolute Gasteiger partial charge is 0.194 e. The van der Waals surface area contributed by atoms with Crippen LogP contribution in [0.25, 0.3) is 4.96 Å². The van der Waals surface area contributed by atoms with Gasteiger partial charge in [-0.25, -0.2) is 4.98 Å². The lowest BCUT2D eigenvalue weighted by Crippen LogP contribution is -2.04. The fourth-order valence-corrected chi connectivity index (χ4v) is 3.64. The largest absolute Gasteiger partial charge is 0.378 e. The molecule has 21 heavy (non-hydrogen) atoms. The molecular formula is C15H13BrN4S. The second-order valence-electron chi connectivity index (χ2n) is 4.80. The molecule has 3 rings (SSSR count). The Bertz CT molecular complexity index is 857. The number of hydrogen-bond acceptors (Lipinski definition) is 4. The van der Waals surface area contributed by atoms with E-state index in [4.69, 9.17) is 5.26 Å². The lowest BCUT2D eigenvalue weighted by Gasteiger charge is -2.09. The number of imidazole rings is 1. The van der Waals surface area contributed by atoms with Crippen molar-refractivity contribution in [3.8, 4) is 6.07 Å². The van der Waals surface area contributed by atoms with E-state index in [1.54, 1.807) is 17.4 Å². The van der Waals surface area contributed by atoms with Gasteiger partial charge in [0.05, 0.1) is 29.6 Å². The van der Waals surface area contributed by atoms with E-state index in [9.17, 15) is 0 Å². The average molecular weight is 361 g/mol. The molecular weight excluding hydrogens is 348 g/mol. The minimum absolute atomic E-state index is 0.642. The summed E-state index contributed by atoms with van der Waals surface area (Å²) in [6.07, 6.45) is 2.12. The van der Waals surface area contributed by atoms with Crippen LogP contribution in [0, 0.1) is 25.2 Å². The molecule has 0 bridgehead atoms. The second kappa shape index (κ2) is 5.51. The molecule has 0 amide bonds. The molecule has 0 atom stereocenters. The highest BCUT2D eigenvalue weighted by Crippen LogP contribution is 2.25. The fourth-order valence-electron chi connectivity index (χ4n) is 2.23. The van der Waals surface area contributed by atoms with Crippen molar-refractivity contribution < 1.29 is 0 Å². The zero-order valence-corrected chi connectivity index (χ0v) is 14.0. The predicted molar refractivity (Wildman–Crippen MR) is 88.7 cm³/mol. The summed E-state index contributed by atoms with van der Waals surface area (Å²) < 4.78 is 3.03. The molecule has 0 radical (unpaired) electrons. The molecule has 3 aromatic rings. The van der Waals surface area contributed by atoms with Gasteiger partial charge in [-0.05, 0) is 48.0 Å². The number of rotatable bonds is 3. The number of aryl methyl sites for hydroxylation is 2. The van der Waals surface area contributed by atoms with Crippen LogP contribution < -0.4 is 5.32 Å². The number of thiazole rings is 1. The molecule has 0 aliphatic heterocycles. The van der Waals surface area contributed by atoms with Crippen molar-refractivity contribution in [2.24, 2.45) is 0 Å². The Morgan fingerprint density at radius 3 is 2.95 bits per heavy atom. The van der Waals surface area contributed by atoms with Gasteiger partial charge < -0.3 is 5.32 Å². The number of nitriles is 1. The number of nitrogens with zero attached hydrogens (tertiary/aromatic N) is 3. The van der Waals surface area contributed by atoms with E-state index in [0.717, 1.165) is 26.5 Å². The highest BCUT2D eigenvalue weighted by Gasteiger charge is 2.11. The molecule has 6 heteroatoms. The molecule has 0 unspecified atom stereocenters. The van der Waals surface area contributed by atoms with Crippen LogP contribution in [0.2, 0.25) is 0 Å². The van der Waals surface area contributed by atoms with E-state index >= 15 is 0 Å². The van der Waals surface area contributed by atoms with Crippen molar-refractivity contribution in [2.75, 3.05) is 5.32 Å². The molecule has 2 aromatic heterocycles. The summed E-state index contributed by atoms with van der Waals surface area (Å²) in [5.41, 5.74) is 3.81. The molecule has 0 fully saturated rings. The number of anilines is 1. The highest BCUT2D eigenvalue weighted by atomic mass is 79.9. The van der Waals surface area contributed by atoms with E-state index in [1.165, 1.54) is 4.88 Å². The van der Waals surface area contributed by atoms with Crippen molar-refractivity contribution in [1.82, 2.24) is 9.38 Å². The van der Waals surface area contributed by atoms with Gasteiger partial charge in [0, 0.05) is 21.2 Å². The number of fused-ring (bicyclic) bond motifs is 1. The summed E-state index contributed by atoms with van der Waals surface area (Å²) in [6, 6.07) is 7.66. The van der Waals surface area contributed by atoms with Gasteiger partial charge in [0.2, 0.25) is 0 Å². The fraction of sp³-hybridized carbons (Fsp3) is 0.200. The molecule has 0 saturated heterocycles. The van der Waals surface area contributed by atoms with Gasteiger partial charge in [0.15, 0.2) is 4.96 Å². The Kier molecular flexibility index (Phi) is 3.70. The first-order chi connectivity index (χ1) is 10.1. The van der Waals surface area contributed by atoms with Crippen LogP contribution in [-0.4, -0.2) is 9.38 Å². The van der Waals surface area contributed by atoms with Gasteiger partial charge in [0.25, 0.3) is 0 Å². The lowest BCUT2D eigenvalue weighted by atomic mass is 10.2. The maximum Gasteiger partial charge on any atom is 0.194 e. The Morgan fingerprint density at radius 1 is 1.43 bits per heavy atom. The minimum atomic E-state index is 0.642. The van der Waals surface area contributed by atoms with Crippen LogP contribution in [-0.2, 0) is 6.54 Å². The van der Waals surface area contributed by atoms with Crippen molar-refractivity contribution >= 4 is 37.9 Å². The summed E-state index contributed by atoms with van der Waals surface area (Å²) in [5.74, 6) is 0. The topological polar surface area (TPSA) is 53.1 Å². The van der Waals surface area contributed by atoms with Crippen molar-refractivity contribution in [2.45, 2.75) is 20.4 Å². The third kappa shape index (κ3) is 2.67. The third-order valence-corrected chi connectivity index (χ3v) is 4.84. The second-order valence-corrected chi connectivity index (χ2v) is 6.87. The maximum absolute atomic E-state index is 8.89. The SMILES string of the molecule is Cc1cn2c(CNc3ccc(C#N)cc3Br)c(C)nc2s1. The van der Waals surface area contributed by atoms with E-state index in [1.807, 2.05) is 19.1 Å². The first kappa shape index (κ1) is 14.1. The molecule has 4 nitrogen and oxygen atoms in total. The summed E-state index contributed by atoms with van der Waals surface area (Å²) in [7, 11) is 0. The van der Waals surface area contributed by atoms with E-state index < -0.39 is 0 Å². The Hall–Kier alpha value is -1.84. The minimum Gasteiger partial charge on any atom is -0.378 e. The van der Waals surface area contributed by atoms with Crippen molar-refractivity contribution in [3.05, 3.63) is 50.7 Å². The molecule has 1 N–H and O–H groups in total. The van der Waals surface area contributed by atoms with Crippen LogP contribution in [0.15, 0.2) is 28.9 Å². The Labute approximate surface area is 135 Å². The van der Waals surface area contributed by atoms with Gasteiger partial charge in [-0.2, -0.15) is 5.26 Å². The molecule has 1 aromatic carbocycles. The molecule has 2 heterocycles. The van der Waals surface area contributed by atoms with Gasteiger partial charge >= 0.3 is 0 Å². The summed E-state index contributed by atoms with van der Waals surface area (Å²) in [6.45, 7) is 4.80. The van der Waals surface area contributed by atoms with Crippen LogP contribution in [0.5, 0.6) is 0 Å². The van der Waals surface area contributed by atoms with Crippen LogP contribution in [0.4, 0.5) is 5.69 Å². The Morgan fingerprint density at radius 2 is 2.24 bits per heavy atom. The quantitative estimate of drug-likeness (QED) is 0.758. The summed E-state index contributed by atoms with van der Waals surface area (Å²) >= 11 is 5.19. The molecule has 0 aliphatic rings. The van der Waals surface area contributed by atoms with Crippen LogP contribution >= 0.6 is 27.3 Å². The van der Waals surface area contributed by atoms with Gasteiger partial charge in [-0.1, -0.05) is 0 Å². The number of aromatic nitrogens is 2. The molecule has 0 spiro atoms. The first-order valence-corrected chi connectivity index (χ1v) is 8.07. The maximum atomic E-state index is 8.89. The normalized spacial score (nSPS) is 10.8. The highest BCUT2D eigenvalue weighted by molar-refractivity contribution is 9.10. The summed E-state index contributed by atoms with van der Waals surface area (Å²) in [4.78, 5) is 6.86. The lowest BCUT2D eigenvalue weighted by molar-refractivity contribution is 0.990. The zero-order valence-electron chi connectivity index (χ0n) is 11.6. The van der Waals surface area contributed by atoms with E-state index in [2.05, 4.69) is 49.8 Å². The monoisotopic (exact) mass is 360 g/mol. The summed E-state index contributed by atoms with van der Waals surface area (Å²) in [5, 5.41) is 12.3. The predicted octanol–water partition coefficient (Wildman–Crippen LogP) is 4.26. The van der Waals surface area contributed by atoms with Gasteiger partial charge in [-0.3, -0.25) is 4.40 Å². The third-order valence-electron chi connectivity index (χ3n) is 3.29. The number of nitrogens with one attached hydrogen (secondary N) is 1. The van der Waals surface area contributed by atoms with Crippen molar-refractivity contribution in [1.29, 1.82) is 5.26 Å². The number of hydrogen-bond donors (Lipinski definition) is 1. The van der Waals surface area contributed by atoms with E-state index in [-0.39, 0.29) is 0 Å². The molecule has 0 saturated carbocycles. The van der Waals surface area contributed by atoms with Crippen LogP contribution in [0.3, 0.4) is 0 Å². The molecule has 106 valence electrons. The van der Waals surface area contributed by atoms with Gasteiger partial charge in [0.1, 0.15) is 0 Å². The molecule has 0 aliphatic carbocycles. The van der Waals surface area contributed by atoms with Crippen LogP contribution in [0.1, 0.15) is 21.8 Å². The standard InChI is InChI=1S/C15H13BrN4S/c1-9-8-20-14(10(2)19-15(20)21-9)7-18-13-4-3-11(6-17)5-12(13)16/h3-5,8,18H,7H2,1-2H3. The van der Waals surface area contributed by atoms with E-state index in [0.29, 0.717) is 12.1 Å². The Balaban J connectivity index is 1.86.